The first-order valence-corrected chi connectivity index (χ1v) is 6.69. The average Bonchev–Trinajstić information content (AvgIpc) is 2.52. The van der Waals surface area contributed by atoms with Crippen LogP contribution in [0.2, 0.25) is 0 Å². The summed E-state index contributed by atoms with van der Waals surface area (Å²) in [5.74, 6) is 0.322. The van der Waals surface area contributed by atoms with Gasteiger partial charge < -0.3 is 5.73 Å². The maximum Gasteiger partial charge on any atom is 0.178 e. The third kappa shape index (κ3) is 2.79. The summed E-state index contributed by atoms with van der Waals surface area (Å²) < 4.78 is 24.1. The minimum Gasteiger partial charge on any atom is -0.328 e. The highest BCUT2D eigenvalue weighted by atomic mass is 32.2. The molecule has 1 unspecified atom stereocenters. The van der Waals surface area contributed by atoms with Crippen molar-refractivity contribution in [3.8, 4) is 0 Å². The van der Waals surface area contributed by atoms with Crippen LogP contribution in [0.15, 0.2) is 17.3 Å². The molecule has 1 rings (SSSR count). The molecule has 0 aliphatic heterocycles. The van der Waals surface area contributed by atoms with Crippen molar-refractivity contribution in [1.82, 2.24) is 9.78 Å². The van der Waals surface area contributed by atoms with Gasteiger partial charge >= 0.3 is 0 Å². The molecule has 0 aliphatic rings. The summed E-state index contributed by atoms with van der Waals surface area (Å²) in [4.78, 5) is 0.238. The maximum atomic E-state index is 11.2. The molecule has 0 saturated heterocycles. The molecule has 0 aliphatic carbocycles. The smallest absolute Gasteiger partial charge is 0.178 e. The summed E-state index contributed by atoms with van der Waals surface area (Å²) >= 11 is 0. The Morgan fingerprint density at radius 3 is 2.47 bits per heavy atom. The molecule has 0 radical (unpaired) electrons. The van der Waals surface area contributed by atoms with Gasteiger partial charge in [0.2, 0.25) is 0 Å². The molecule has 86 valence electrons. The Labute approximate surface area is 90.2 Å². The second kappa shape index (κ2) is 4.32. The normalized spacial score (nSPS) is 14.5. The standard InChI is InChI=1S/C9H17N3O2S/c1-7(2)9(4-10)12-6-8(5-11-12)15(3,13)14/h5-7,9H,4,10H2,1-3H3. The molecule has 1 heterocycles. The van der Waals surface area contributed by atoms with Crippen LogP contribution in [0.4, 0.5) is 0 Å². The Kier molecular flexibility index (Phi) is 3.51. The lowest BCUT2D eigenvalue weighted by Crippen LogP contribution is -2.24. The van der Waals surface area contributed by atoms with Crippen LogP contribution in [0, 0.1) is 5.92 Å². The van der Waals surface area contributed by atoms with Gasteiger partial charge in [0.1, 0.15) is 4.90 Å². The Balaban J connectivity index is 3.03. The van der Waals surface area contributed by atoms with Crippen LogP contribution in [0.1, 0.15) is 19.9 Å². The first-order valence-electron chi connectivity index (χ1n) is 4.80. The predicted octanol–water partition coefficient (Wildman–Crippen LogP) is 0.442. The van der Waals surface area contributed by atoms with Gasteiger partial charge in [-0.1, -0.05) is 13.8 Å². The van der Waals surface area contributed by atoms with Crippen LogP contribution in [0.25, 0.3) is 0 Å². The zero-order valence-electron chi connectivity index (χ0n) is 9.21. The SMILES string of the molecule is CC(C)C(CN)n1cc(S(C)(=O)=O)cn1. The molecule has 0 fully saturated rings. The Morgan fingerprint density at radius 1 is 1.53 bits per heavy atom. The number of sulfone groups is 1. The monoisotopic (exact) mass is 231 g/mol. The van der Waals surface area contributed by atoms with Gasteiger partial charge in [0, 0.05) is 19.0 Å². The van der Waals surface area contributed by atoms with E-state index in [1.54, 1.807) is 4.68 Å². The zero-order valence-corrected chi connectivity index (χ0v) is 10.0. The lowest BCUT2D eigenvalue weighted by Gasteiger charge is -2.18. The molecule has 1 aromatic heterocycles. The van der Waals surface area contributed by atoms with E-state index < -0.39 is 9.84 Å². The third-order valence-corrected chi connectivity index (χ3v) is 3.42. The summed E-state index contributed by atoms with van der Waals surface area (Å²) in [5, 5.41) is 4.03. The van der Waals surface area contributed by atoms with Gasteiger partial charge in [-0.15, -0.1) is 0 Å². The quantitative estimate of drug-likeness (QED) is 0.815. The fourth-order valence-electron chi connectivity index (χ4n) is 1.38. The number of hydrogen-bond acceptors (Lipinski definition) is 4. The van der Waals surface area contributed by atoms with Crippen molar-refractivity contribution in [1.29, 1.82) is 0 Å². The van der Waals surface area contributed by atoms with Crippen LogP contribution in [-0.4, -0.2) is 31.0 Å². The number of rotatable bonds is 4. The van der Waals surface area contributed by atoms with Crippen LogP contribution in [0.5, 0.6) is 0 Å². The van der Waals surface area contributed by atoms with Gasteiger partial charge in [-0.3, -0.25) is 4.68 Å². The highest BCUT2D eigenvalue weighted by Gasteiger charge is 2.17. The second-order valence-electron chi connectivity index (χ2n) is 3.98. The molecule has 0 amide bonds. The highest BCUT2D eigenvalue weighted by molar-refractivity contribution is 7.90. The van der Waals surface area contributed by atoms with Crippen molar-refractivity contribution in [2.45, 2.75) is 24.8 Å². The van der Waals surface area contributed by atoms with Crippen molar-refractivity contribution in [3.05, 3.63) is 12.4 Å². The number of hydrogen-bond donors (Lipinski definition) is 1. The molecule has 0 bridgehead atoms. The number of nitrogens with zero attached hydrogens (tertiary/aromatic N) is 2. The van der Waals surface area contributed by atoms with E-state index in [0.29, 0.717) is 12.5 Å². The van der Waals surface area contributed by atoms with E-state index in [-0.39, 0.29) is 10.9 Å². The average molecular weight is 231 g/mol. The van der Waals surface area contributed by atoms with E-state index in [4.69, 9.17) is 5.73 Å². The van der Waals surface area contributed by atoms with E-state index in [1.807, 2.05) is 13.8 Å². The summed E-state index contributed by atoms with van der Waals surface area (Å²) in [6, 6.07) is 0.0421. The van der Waals surface area contributed by atoms with Crippen LogP contribution in [-0.2, 0) is 9.84 Å². The summed E-state index contributed by atoms with van der Waals surface area (Å²) in [6.45, 7) is 4.50. The topological polar surface area (TPSA) is 78.0 Å². The fraction of sp³-hybridized carbons (Fsp3) is 0.667. The van der Waals surface area contributed by atoms with Crippen LogP contribution in [0.3, 0.4) is 0 Å². The first-order chi connectivity index (χ1) is 6.86. The summed E-state index contributed by atoms with van der Waals surface area (Å²) in [6.07, 6.45) is 4.06. The Bertz CT molecular complexity index is 422. The molecule has 2 N–H and O–H groups in total. The van der Waals surface area contributed by atoms with Gasteiger partial charge in [0.25, 0.3) is 0 Å². The van der Waals surface area contributed by atoms with Crippen molar-refractivity contribution in [3.63, 3.8) is 0 Å². The molecular weight excluding hydrogens is 214 g/mol. The predicted molar refractivity (Wildman–Crippen MR) is 58.3 cm³/mol. The van der Waals surface area contributed by atoms with E-state index >= 15 is 0 Å². The van der Waals surface area contributed by atoms with Gasteiger partial charge in [-0.2, -0.15) is 5.10 Å². The Hall–Kier alpha value is -0.880. The molecule has 0 spiro atoms. The van der Waals surface area contributed by atoms with Crippen LogP contribution < -0.4 is 5.73 Å². The Morgan fingerprint density at radius 2 is 2.13 bits per heavy atom. The van der Waals surface area contributed by atoms with Crippen molar-refractivity contribution in [2.24, 2.45) is 11.7 Å². The molecule has 5 nitrogen and oxygen atoms in total. The van der Waals surface area contributed by atoms with Gasteiger partial charge in [-0.25, -0.2) is 8.42 Å². The third-order valence-electron chi connectivity index (χ3n) is 2.36. The largest absolute Gasteiger partial charge is 0.328 e. The van der Waals surface area contributed by atoms with E-state index in [9.17, 15) is 8.42 Å². The molecule has 6 heteroatoms. The van der Waals surface area contributed by atoms with E-state index in [0.717, 1.165) is 0 Å². The minimum absolute atomic E-state index is 0.0421. The summed E-state index contributed by atoms with van der Waals surface area (Å²) in [5.41, 5.74) is 5.61. The number of aromatic nitrogens is 2. The number of nitrogens with two attached hydrogens (primary N) is 1. The van der Waals surface area contributed by atoms with Gasteiger partial charge in [0.15, 0.2) is 9.84 Å². The van der Waals surface area contributed by atoms with Crippen molar-refractivity contribution < 1.29 is 8.42 Å². The molecule has 0 saturated carbocycles. The van der Waals surface area contributed by atoms with Crippen molar-refractivity contribution in [2.75, 3.05) is 12.8 Å². The van der Waals surface area contributed by atoms with E-state index in [1.165, 1.54) is 18.6 Å². The second-order valence-corrected chi connectivity index (χ2v) is 5.99. The maximum absolute atomic E-state index is 11.2. The van der Waals surface area contributed by atoms with Crippen LogP contribution >= 0.6 is 0 Å². The zero-order chi connectivity index (χ0) is 11.6. The lowest BCUT2D eigenvalue weighted by atomic mass is 10.1. The lowest BCUT2D eigenvalue weighted by molar-refractivity contribution is 0.354. The molecular formula is C9H17N3O2S. The molecule has 15 heavy (non-hydrogen) atoms. The molecule has 1 atom stereocenters. The molecule has 0 aromatic carbocycles. The minimum atomic E-state index is -3.17. The van der Waals surface area contributed by atoms with Crippen molar-refractivity contribution >= 4 is 9.84 Å². The first kappa shape index (κ1) is 12.2. The van der Waals surface area contributed by atoms with Gasteiger partial charge in [-0.05, 0) is 5.92 Å². The van der Waals surface area contributed by atoms with Gasteiger partial charge in [0.05, 0.1) is 12.2 Å². The summed E-state index contributed by atoms with van der Waals surface area (Å²) in [7, 11) is -3.17. The highest BCUT2D eigenvalue weighted by Crippen LogP contribution is 2.17. The molecule has 1 aromatic rings. The van der Waals surface area contributed by atoms with E-state index in [2.05, 4.69) is 5.10 Å². The fourth-order valence-corrected chi connectivity index (χ4v) is 1.92.